The van der Waals surface area contributed by atoms with Crippen LogP contribution in [0.4, 0.5) is 4.39 Å². The van der Waals surface area contributed by atoms with Crippen LogP contribution in [0.1, 0.15) is 57.4 Å². The number of benzene rings is 1. The molecule has 0 bridgehead atoms. The molecule has 1 saturated carbocycles. The Bertz CT molecular complexity index is 360. The second-order valence-electron chi connectivity index (χ2n) is 5.87. The third kappa shape index (κ3) is 4.94. The summed E-state index contributed by atoms with van der Waals surface area (Å²) in [6.07, 6.45) is 9.43. The minimum Gasteiger partial charge on any atom is -0.310 e. The topological polar surface area (TPSA) is 12.0 Å². The molecule has 0 aliphatic heterocycles. The molecule has 2 heteroatoms. The minimum absolute atomic E-state index is 0.152. The molecule has 0 aromatic heterocycles. The lowest BCUT2D eigenvalue weighted by molar-refractivity contribution is 0.409. The Morgan fingerprint density at radius 1 is 1.11 bits per heavy atom. The van der Waals surface area contributed by atoms with Crippen LogP contribution in [0, 0.1) is 11.7 Å². The summed E-state index contributed by atoms with van der Waals surface area (Å²) >= 11 is 0. The molecule has 1 N–H and O–H groups in total. The van der Waals surface area contributed by atoms with Crippen molar-refractivity contribution in [2.24, 2.45) is 5.92 Å². The van der Waals surface area contributed by atoms with Crippen LogP contribution >= 0.6 is 0 Å². The van der Waals surface area contributed by atoms with Crippen molar-refractivity contribution in [1.29, 1.82) is 0 Å². The molecule has 0 heterocycles. The number of rotatable bonds is 5. The lowest BCUT2D eigenvalue weighted by Crippen LogP contribution is -2.27. The third-order valence-electron chi connectivity index (χ3n) is 4.29. The largest absolute Gasteiger partial charge is 0.310 e. The van der Waals surface area contributed by atoms with Gasteiger partial charge in [-0.05, 0) is 42.9 Å². The van der Waals surface area contributed by atoms with Gasteiger partial charge in [0.1, 0.15) is 5.82 Å². The molecule has 2 atom stereocenters. The molecule has 0 spiro atoms. The van der Waals surface area contributed by atoms with Gasteiger partial charge in [0, 0.05) is 12.6 Å². The van der Waals surface area contributed by atoms with Crippen molar-refractivity contribution in [3.05, 3.63) is 35.6 Å². The number of hydrogen-bond acceptors (Lipinski definition) is 1. The van der Waals surface area contributed by atoms with Crippen molar-refractivity contribution in [2.45, 2.75) is 64.5 Å². The Morgan fingerprint density at radius 3 is 2.63 bits per heavy atom. The van der Waals surface area contributed by atoms with E-state index in [2.05, 4.69) is 12.2 Å². The second-order valence-corrected chi connectivity index (χ2v) is 5.87. The van der Waals surface area contributed by atoms with Crippen molar-refractivity contribution in [2.75, 3.05) is 0 Å². The molecule has 1 aromatic rings. The lowest BCUT2D eigenvalue weighted by atomic mass is 9.95. The molecular weight excluding hydrogens is 237 g/mol. The Kier molecular flexibility index (Phi) is 5.84. The van der Waals surface area contributed by atoms with E-state index in [4.69, 9.17) is 0 Å². The third-order valence-corrected chi connectivity index (χ3v) is 4.29. The van der Waals surface area contributed by atoms with Gasteiger partial charge in [0.2, 0.25) is 0 Å². The maximum absolute atomic E-state index is 12.8. The highest BCUT2D eigenvalue weighted by Gasteiger charge is 2.17. The molecule has 1 aliphatic carbocycles. The quantitative estimate of drug-likeness (QED) is 0.762. The zero-order chi connectivity index (χ0) is 13.5. The summed E-state index contributed by atoms with van der Waals surface area (Å²) in [7, 11) is 0. The Hall–Kier alpha value is -0.890. The summed E-state index contributed by atoms with van der Waals surface area (Å²) in [5.41, 5.74) is 1.18. The van der Waals surface area contributed by atoms with Gasteiger partial charge in [-0.15, -0.1) is 0 Å². The van der Waals surface area contributed by atoms with E-state index < -0.39 is 0 Å². The monoisotopic (exact) mass is 263 g/mol. The summed E-state index contributed by atoms with van der Waals surface area (Å²) in [5.74, 6) is 0.795. The molecule has 0 amide bonds. The Morgan fingerprint density at radius 2 is 1.89 bits per heavy atom. The summed E-state index contributed by atoms with van der Waals surface area (Å²) in [6.45, 7) is 3.15. The van der Waals surface area contributed by atoms with Crippen LogP contribution in [0.25, 0.3) is 0 Å². The summed E-state index contributed by atoms with van der Waals surface area (Å²) in [6, 6.07) is 7.48. The van der Waals surface area contributed by atoms with E-state index in [1.165, 1.54) is 50.5 Å². The van der Waals surface area contributed by atoms with Gasteiger partial charge in [-0.25, -0.2) is 4.39 Å². The van der Waals surface area contributed by atoms with Gasteiger partial charge in [0.05, 0.1) is 0 Å². The molecule has 0 radical (unpaired) electrons. The average molecular weight is 263 g/mol. The van der Waals surface area contributed by atoms with Crippen LogP contribution in [0.3, 0.4) is 0 Å². The zero-order valence-corrected chi connectivity index (χ0v) is 12.0. The van der Waals surface area contributed by atoms with Gasteiger partial charge >= 0.3 is 0 Å². The van der Waals surface area contributed by atoms with Crippen LogP contribution in [-0.4, -0.2) is 6.04 Å². The van der Waals surface area contributed by atoms with E-state index in [0.717, 1.165) is 12.5 Å². The van der Waals surface area contributed by atoms with E-state index in [9.17, 15) is 4.39 Å². The van der Waals surface area contributed by atoms with Crippen LogP contribution in [0.2, 0.25) is 0 Å². The molecule has 2 unspecified atom stereocenters. The molecule has 0 saturated heterocycles. The first-order chi connectivity index (χ1) is 9.28. The fourth-order valence-electron chi connectivity index (χ4n) is 3.14. The highest BCUT2D eigenvalue weighted by atomic mass is 19.1. The fourth-order valence-corrected chi connectivity index (χ4v) is 3.14. The highest BCUT2D eigenvalue weighted by Crippen LogP contribution is 2.26. The number of halogens is 1. The van der Waals surface area contributed by atoms with Gasteiger partial charge < -0.3 is 5.32 Å². The molecule has 1 aliphatic rings. The molecule has 1 aromatic carbocycles. The standard InChI is InChI=1S/C17H26FN/c1-2-4-14-5-3-6-17(12-9-14)19-13-15-7-10-16(18)11-8-15/h7-8,10-11,14,17,19H,2-6,9,12-13H2,1H3. The highest BCUT2D eigenvalue weighted by molar-refractivity contribution is 5.15. The number of hydrogen-bond donors (Lipinski definition) is 1. The Balaban J connectivity index is 1.75. The maximum atomic E-state index is 12.8. The maximum Gasteiger partial charge on any atom is 0.123 e. The van der Waals surface area contributed by atoms with Gasteiger partial charge in [-0.1, -0.05) is 44.7 Å². The molecular formula is C17H26FN. The summed E-state index contributed by atoms with van der Waals surface area (Å²) in [5, 5.41) is 3.64. The van der Waals surface area contributed by atoms with Crippen molar-refractivity contribution < 1.29 is 4.39 Å². The van der Waals surface area contributed by atoms with Crippen molar-refractivity contribution in [3.63, 3.8) is 0 Å². The Labute approximate surface area is 116 Å². The molecule has 1 fully saturated rings. The lowest BCUT2D eigenvalue weighted by Gasteiger charge is -2.17. The van der Waals surface area contributed by atoms with Crippen molar-refractivity contribution in [1.82, 2.24) is 5.32 Å². The smallest absolute Gasteiger partial charge is 0.123 e. The SMILES string of the molecule is CCCC1CCCC(NCc2ccc(F)cc2)CC1. The van der Waals surface area contributed by atoms with Gasteiger partial charge in [-0.3, -0.25) is 0 Å². The van der Waals surface area contributed by atoms with E-state index in [-0.39, 0.29) is 5.82 Å². The fraction of sp³-hybridized carbons (Fsp3) is 0.647. The van der Waals surface area contributed by atoms with Crippen LogP contribution in [0.15, 0.2) is 24.3 Å². The second kappa shape index (κ2) is 7.64. The average Bonchev–Trinajstić information content (AvgIpc) is 2.64. The van der Waals surface area contributed by atoms with Crippen molar-refractivity contribution >= 4 is 0 Å². The zero-order valence-electron chi connectivity index (χ0n) is 12.0. The van der Waals surface area contributed by atoms with Gasteiger partial charge in [0.15, 0.2) is 0 Å². The van der Waals surface area contributed by atoms with Crippen LogP contribution in [-0.2, 0) is 6.54 Å². The predicted octanol–water partition coefficient (Wildman–Crippen LogP) is 4.66. The van der Waals surface area contributed by atoms with E-state index >= 15 is 0 Å². The van der Waals surface area contributed by atoms with Crippen LogP contribution in [0.5, 0.6) is 0 Å². The summed E-state index contributed by atoms with van der Waals surface area (Å²) < 4.78 is 12.8. The van der Waals surface area contributed by atoms with Crippen molar-refractivity contribution in [3.8, 4) is 0 Å². The van der Waals surface area contributed by atoms with Gasteiger partial charge in [-0.2, -0.15) is 0 Å². The van der Waals surface area contributed by atoms with Gasteiger partial charge in [0.25, 0.3) is 0 Å². The molecule has 1 nitrogen and oxygen atoms in total. The first-order valence-corrected chi connectivity index (χ1v) is 7.75. The molecule has 106 valence electrons. The van der Waals surface area contributed by atoms with Crippen LogP contribution < -0.4 is 5.32 Å². The predicted molar refractivity (Wildman–Crippen MR) is 78.5 cm³/mol. The van der Waals surface area contributed by atoms with E-state index in [1.54, 1.807) is 12.1 Å². The first-order valence-electron chi connectivity index (χ1n) is 7.75. The molecule has 19 heavy (non-hydrogen) atoms. The number of nitrogens with one attached hydrogen (secondary N) is 1. The first kappa shape index (κ1) is 14.5. The normalized spacial score (nSPS) is 24.1. The molecule has 2 rings (SSSR count). The van der Waals surface area contributed by atoms with E-state index in [1.807, 2.05) is 12.1 Å². The van der Waals surface area contributed by atoms with E-state index in [0.29, 0.717) is 6.04 Å². The summed E-state index contributed by atoms with van der Waals surface area (Å²) in [4.78, 5) is 0. The minimum atomic E-state index is -0.152.